The second-order valence-corrected chi connectivity index (χ2v) is 2.25. The second kappa shape index (κ2) is 2.94. The lowest BCUT2D eigenvalue weighted by Gasteiger charge is -1.83. The number of hydrogen-bond donors (Lipinski definition) is 4. The van der Waals surface area contributed by atoms with Crippen LogP contribution in [0.1, 0.15) is 0 Å². The Morgan fingerprint density at radius 2 is 1.85 bits per heavy atom. The van der Waals surface area contributed by atoms with Gasteiger partial charge in [-0.3, -0.25) is 14.8 Å². The number of nitrogen functional groups attached to an aromatic ring is 1. The molecule has 0 spiro atoms. The Hall–Kier alpha value is -1.76. The summed E-state index contributed by atoms with van der Waals surface area (Å²) >= 11 is 0. The van der Waals surface area contributed by atoms with E-state index in [2.05, 4.69) is 15.0 Å². The van der Waals surface area contributed by atoms with Crippen LogP contribution in [-0.4, -0.2) is 19.9 Å². The van der Waals surface area contributed by atoms with Gasteiger partial charge in [-0.05, 0) is 0 Å². The highest BCUT2D eigenvalue weighted by molar-refractivity contribution is 5.85. The van der Waals surface area contributed by atoms with Gasteiger partial charge < -0.3 is 10.7 Å². The Bertz CT molecular complexity index is 538. The van der Waals surface area contributed by atoms with Gasteiger partial charge >= 0.3 is 5.69 Å². The van der Waals surface area contributed by atoms with E-state index in [4.69, 9.17) is 5.73 Å². The van der Waals surface area contributed by atoms with Crippen molar-refractivity contribution in [2.45, 2.75) is 0 Å². The fourth-order valence-corrected chi connectivity index (χ4v) is 0.951. The topological polar surface area (TPSA) is 120 Å². The summed E-state index contributed by atoms with van der Waals surface area (Å²) in [4.78, 5) is 32.3. The minimum atomic E-state index is -0.598. The fraction of sp³-hybridized carbons (Fsp3) is 0. The Kier molecular flexibility index (Phi) is 2.11. The summed E-state index contributed by atoms with van der Waals surface area (Å²) in [6.45, 7) is 0. The molecule has 0 aliphatic rings. The molecule has 0 unspecified atom stereocenters. The van der Waals surface area contributed by atoms with Gasteiger partial charge in [0.25, 0.3) is 5.56 Å². The molecule has 0 aromatic carbocycles. The third-order valence-corrected chi connectivity index (χ3v) is 1.41. The molecule has 5 N–H and O–H groups in total. The molecule has 0 bridgehead atoms. The fourth-order valence-electron chi connectivity index (χ4n) is 0.951. The number of aromatic amines is 3. The summed E-state index contributed by atoms with van der Waals surface area (Å²) in [5.41, 5.74) is 4.48. The second-order valence-electron chi connectivity index (χ2n) is 2.25. The SMILES string of the molecule is Cl.Nc1nc2[nH]c(=O)[nH]c(=O)c2[nH]1. The lowest BCUT2D eigenvalue weighted by Crippen LogP contribution is -2.21. The number of nitrogens with one attached hydrogen (secondary N) is 3. The highest BCUT2D eigenvalue weighted by Crippen LogP contribution is 2.00. The van der Waals surface area contributed by atoms with E-state index in [9.17, 15) is 9.59 Å². The van der Waals surface area contributed by atoms with Crippen LogP contribution in [0, 0.1) is 0 Å². The Morgan fingerprint density at radius 1 is 1.15 bits per heavy atom. The van der Waals surface area contributed by atoms with Gasteiger partial charge in [-0.25, -0.2) is 4.79 Å². The van der Waals surface area contributed by atoms with Crippen molar-refractivity contribution in [3.8, 4) is 0 Å². The highest BCUT2D eigenvalue weighted by Gasteiger charge is 2.03. The van der Waals surface area contributed by atoms with Crippen LogP contribution in [0.5, 0.6) is 0 Å². The monoisotopic (exact) mass is 203 g/mol. The van der Waals surface area contributed by atoms with E-state index in [1.165, 1.54) is 0 Å². The molecule has 0 saturated heterocycles. The van der Waals surface area contributed by atoms with Crippen LogP contribution in [0.2, 0.25) is 0 Å². The smallest absolute Gasteiger partial charge is 0.327 e. The van der Waals surface area contributed by atoms with Crippen LogP contribution < -0.4 is 17.0 Å². The summed E-state index contributed by atoms with van der Waals surface area (Å²) in [5.74, 6) is 0.0948. The zero-order valence-electron chi connectivity index (χ0n) is 6.25. The zero-order valence-corrected chi connectivity index (χ0v) is 7.07. The third kappa shape index (κ3) is 1.41. The van der Waals surface area contributed by atoms with E-state index in [1.54, 1.807) is 0 Å². The molecule has 0 aliphatic carbocycles. The van der Waals surface area contributed by atoms with Crippen molar-refractivity contribution in [1.29, 1.82) is 0 Å². The number of halogens is 1. The molecule has 0 saturated carbocycles. The van der Waals surface area contributed by atoms with Gasteiger partial charge in [0, 0.05) is 0 Å². The number of H-pyrrole nitrogens is 3. The van der Waals surface area contributed by atoms with E-state index >= 15 is 0 Å². The standard InChI is InChI=1S/C5H5N5O2.ClH/c6-4-7-1-2(8-4)9-5(12)10-3(1)11;/h(H5,6,7,8,9,10,11,12);1H. The van der Waals surface area contributed by atoms with Gasteiger partial charge in [0.1, 0.15) is 0 Å². The molecular weight excluding hydrogens is 198 g/mol. The Labute approximate surface area is 76.8 Å². The summed E-state index contributed by atoms with van der Waals surface area (Å²) < 4.78 is 0. The van der Waals surface area contributed by atoms with E-state index in [-0.39, 0.29) is 29.5 Å². The highest BCUT2D eigenvalue weighted by atomic mass is 35.5. The largest absolute Gasteiger partial charge is 0.369 e. The number of anilines is 1. The van der Waals surface area contributed by atoms with Crippen molar-refractivity contribution < 1.29 is 0 Å². The number of imidazole rings is 1. The molecule has 0 radical (unpaired) electrons. The van der Waals surface area contributed by atoms with E-state index in [0.717, 1.165) is 0 Å². The predicted octanol–water partition coefficient (Wildman–Crippen LogP) is -1.06. The van der Waals surface area contributed by atoms with E-state index in [0.29, 0.717) is 0 Å². The van der Waals surface area contributed by atoms with E-state index in [1.807, 2.05) is 4.98 Å². The van der Waals surface area contributed by atoms with Gasteiger partial charge in [0.05, 0.1) is 0 Å². The predicted molar refractivity (Wildman–Crippen MR) is 49.0 cm³/mol. The minimum Gasteiger partial charge on any atom is -0.369 e. The summed E-state index contributed by atoms with van der Waals surface area (Å²) in [6.07, 6.45) is 0. The zero-order chi connectivity index (χ0) is 8.72. The van der Waals surface area contributed by atoms with Crippen LogP contribution >= 0.6 is 12.4 Å². The van der Waals surface area contributed by atoms with Crippen molar-refractivity contribution in [1.82, 2.24) is 19.9 Å². The summed E-state index contributed by atoms with van der Waals surface area (Å²) in [6, 6.07) is 0. The molecule has 13 heavy (non-hydrogen) atoms. The van der Waals surface area contributed by atoms with E-state index < -0.39 is 11.2 Å². The first-order chi connectivity index (χ1) is 5.66. The first-order valence-electron chi connectivity index (χ1n) is 3.14. The molecule has 8 heteroatoms. The van der Waals surface area contributed by atoms with Crippen molar-refractivity contribution in [2.24, 2.45) is 0 Å². The number of hydrogen-bond acceptors (Lipinski definition) is 4. The molecule has 2 rings (SSSR count). The maximum Gasteiger partial charge on any atom is 0.327 e. The average molecular weight is 204 g/mol. The average Bonchev–Trinajstić information content (AvgIpc) is 2.29. The van der Waals surface area contributed by atoms with Crippen molar-refractivity contribution in [3.63, 3.8) is 0 Å². The lowest BCUT2D eigenvalue weighted by molar-refractivity contribution is 1.07. The van der Waals surface area contributed by atoms with Crippen molar-refractivity contribution in [3.05, 3.63) is 20.8 Å². The molecule has 7 nitrogen and oxygen atoms in total. The van der Waals surface area contributed by atoms with Gasteiger partial charge in [-0.15, -0.1) is 12.4 Å². The Morgan fingerprint density at radius 3 is 2.54 bits per heavy atom. The van der Waals surface area contributed by atoms with Crippen LogP contribution in [0.15, 0.2) is 9.59 Å². The summed E-state index contributed by atoms with van der Waals surface area (Å²) in [5, 5.41) is 0. The molecule has 0 atom stereocenters. The van der Waals surface area contributed by atoms with Gasteiger partial charge in [-0.2, -0.15) is 4.98 Å². The first kappa shape index (κ1) is 9.33. The molecule has 0 aliphatic heterocycles. The van der Waals surface area contributed by atoms with Gasteiger partial charge in [0.2, 0.25) is 0 Å². The summed E-state index contributed by atoms with van der Waals surface area (Å²) in [7, 11) is 0. The maximum absolute atomic E-state index is 11.0. The number of nitrogens with zero attached hydrogens (tertiary/aromatic N) is 1. The number of aromatic nitrogens is 4. The van der Waals surface area contributed by atoms with Gasteiger partial charge in [-0.1, -0.05) is 0 Å². The maximum atomic E-state index is 11.0. The third-order valence-electron chi connectivity index (χ3n) is 1.41. The molecule has 0 fully saturated rings. The quantitative estimate of drug-likeness (QED) is 0.436. The Balaban J connectivity index is 0.000000845. The molecule has 0 amide bonds. The molecular formula is C5H6ClN5O2. The normalized spacial score (nSPS) is 9.85. The van der Waals surface area contributed by atoms with Crippen LogP contribution in [-0.2, 0) is 0 Å². The van der Waals surface area contributed by atoms with Crippen LogP contribution in [0.25, 0.3) is 11.2 Å². The van der Waals surface area contributed by atoms with Crippen molar-refractivity contribution in [2.75, 3.05) is 5.73 Å². The van der Waals surface area contributed by atoms with Gasteiger partial charge in [0.15, 0.2) is 17.1 Å². The molecule has 2 aromatic rings. The molecule has 70 valence electrons. The number of fused-ring (bicyclic) bond motifs is 1. The number of rotatable bonds is 0. The van der Waals surface area contributed by atoms with Crippen LogP contribution in [0.4, 0.5) is 5.95 Å². The molecule has 2 aromatic heterocycles. The van der Waals surface area contributed by atoms with Crippen molar-refractivity contribution >= 4 is 29.5 Å². The lowest BCUT2D eigenvalue weighted by atomic mass is 10.5. The number of nitrogens with two attached hydrogens (primary N) is 1. The van der Waals surface area contributed by atoms with Crippen LogP contribution in [0.3, 0.4) is 0 Å². The molecule has 2 heterocycles. The first-order valence-corrected chi connectivity index (χ1v) is 3.14. The minimum absolute atomic E-state index is 0.